The number of amides is 1. The maximum absolute atomic E-state index is 13.3. The summed E-state index contributed by atoms with van der Waals surface area (Å²) in [4.78, 5) is 12.8. The highest BCUT2D eigenvalue weighted by molar-refractivity contribution is 7.92. The summed E-state index contributed by atoms with van der Waals surface area (Å²) in [5.74, 6) is 0.144. The number of hydrogen-bond donors (Lipinski definition) is 1. The topological polar surface area (TPSA) is 88.1 Å². The molecular formula is C29H27N3O4S. The van der Waals surface area contributed by atoms with Gasteiger partial charge in [-0.15, -0.1) is 0 Å². The summed E-state index contributed by atoms with van der Waals surface area (Å²) in [6, 6.07) is 32.1. The van der Waals surface area contributed by atoms with Crippen molar-refractivity contribution >= 4 is 27.8 Å². The van der Waals surface area contributed by atoms with Gasteiger partial charge in [-0.05, 0) is 72.1 Å². The summed E-state index contributed by atoms with van der Waals surface area (Å²) >= 11 is 0. The van der Waals surface area contributed by atoms with Crippen LogP contribution in [0.4, 0.5) is 5.69 Å². The fourth-order valence-corrected chi connectivity index (χ4v) is 4.99. The Labute approximate surface area is 217 Å². The van der Waals surface area contributed by atoms with Gasteiger partial charge in [0.1, 0.15) is 18.9 Å². The number of rotatable bonds is 10. The van der Waals surface area contributed by atoms with Gasteiger partial charge in [-0.25, -0.2) is 13.8 Å². The first-order chi connectivity index (χ1) is 17.9. The predicted molar refractivity (Wildman–Crippen MR) is 145 cm³/mol. The van der Waals surface area contributed by atoms with Crippen LogP contribution in [0.3, 0.4) is 0 Å². The third-order valence-corrected chi connectivity index (χ3v) is 7.23. The number of hydrazone groups is 1. The Kier molecular flexibility index (Phi) is 8.33. The number of carbonyl (C=O) groups is 1. The van der Waals surface area contributed by atoms with Gasteiger partial charge in [0.05, 0.1) is 16.8 Å². The number of aryl methyl sites for hydroxylation is 1. The second-order valence-electron chi connectivity index (χ2n) is 8.30. The van der Waals surface area contributed by atoms with Crippen molar-refractivity contribution in [3.63, 3.8) is 0 Å². The number of anilines is 1. The SMILES string of the molecule is Cc1cccc(N(CC(=O)N/N=C\c2ccc(OCc3ccccc3)cc2)S(=O)(=O)c2ccccc2)c1. The molecule has 1 amide bonds. The normalized spacial score (nSPS) is 11.3. The van der Waals surface area contributed by atoms with Gasteiger partial charge < -0.3 is 4.74 Å². The van der Waals surface area contributed by atoms with Gasteiger partial charge in [-0.3, -0.25) is 9.10 Å². The highest BCUT2D eigenvalue weighted by Crippen LogP contribution is 2.24. The molecule has 0 atom stereocenters. The van der Waals surface area contributed by atoms with E-state index in [1.165, 1.54) is 18.3 Å². The third-order valence-electron chi connectivity index (χ3n) is 5.44. The molecule has 0 radical (unpaired) electrons. The minimum absolute atomic E-state index is 0.0994. The first-order valence-corrected chi connectivity index (χ1v) is 13.1. The molecule has 4 rings (SSSR count). The van der Waals surface area contributed by atoms with Crippen molar-refractivity contribution in [2.45, 2.75) is 18.4 Å². The lowest BCUT2D eigenvalue weighted by molar-refractivity contribution is -0.119. The average Bonchev–Trinajstić information content (AvgIpc) is 2.92. The van der Waals surface area contributed by atoms with Gasteiger partial charge in [0.2, 0.25) is 0 Å². The molecule has 0 spiro atoms. The highest BCUT2D eigenvalue weighted by atomic mass is 32.2. The molecule has 0 saturated carbocycles. The number of benzene rings is 4. The molecule has 0 aliphatic carbocycles. The predicted octanol–water partition coefficient (Wildman–Crippen LogP) is 4.92. The van der Waals surface area contributed by atoms with Crippen LogP contribution < -0.4 is 14.5 Å². The average molecular weight is 514 g/mol. The fourth-order valence-electron chi connectivity index (χ4n) is 3.55. The lowest BCUT2D eigenvalue weighted by atomic mass is 10.2. The fraction of sp³-hybridized carbons (Fsp3) is 0.103. The molecule has 4 aromatic carbocycles. The minimum Gasteiger partial charge on any atom is -0.489 e. The van der Waals surface area contributed by atoms with Crippen molar-refractivity contribution in [2.75, 3.05) is 10.8 Å². The Morgan fingerprint density at radius 3 is 2.24 bits per heavy atom. The van der Waals surface area contributed by atoms with Crippen LogP contribution in [0.25, 0.3) is 0 Å². The van der Waals surface area contributed by atoms with Gasteiger partial charge in [-0.1, -0.05) is 60.7 Å². The molecule has 8 heteroatoms. The molecule has 0 aliphatic heterocycles. The molecule has 1 N–H and O–H groups in total. The number of ether oxygens (including phenoxy) is 1. The van der Waals surface area contributed by atoms with Crippen LogP contribution in [0.2, 0.25) is 0 Å². The van der Waals surface area contributed by atoms with Gasteiger partial charge in [0.25, 0.3) is 15.9 Å². The van der Waals surface area contributed by atoms with Crippen LogP contribution in [0.1, 0.15) is 16.7 Å². The van der Waals surface area contributed by atoms with E-state index in [9.17, 15) is 13.2 Å². The standard InChI is InChI=1S/C29H27N3O4S/c1-23-9-8-12-26(19-23)32(37(34,35)28-13-6-3-7-14-28)21-29(33)31-30-20-24-15-17-27(18-16-24)36-22-25-10-4-2-5-11-25/h2-20H,21-22H2,1H3,(H,31,33)/b30-20-. The van der Waals surface area contributed by atoms with Crippen LogP contribution in [-0.4, -0.2) is 27.1 Å². The summed E-state index contributed by atoms with van der Waals surface area (Å²) in [5, 5.41) is 4.00. The molecule has 0 aromatic heterocycles. The van der Waals surface area contributed by atoms with Crippen molar-refractivity contribution < 1.29 is 17.9 Å². The molecule has 37 heavy (non-hydrogen) atoms. The van der Waals surface area contributed by atoms with Crippen LogP contribution in [0.15, 0.2) is 119 Å². The number of hydrogen-bond acceptors (Lipinski definition) is 5. The zero-order valence-electron chi connectivity index (χ0n) is 20.3. The summed E-state index contributed by atoms with van der Waals surface area (Å²) < 4.78 is 33.6. The van der Waals surface area contributed by atoms with Crippen LogP contribution >= 0.6 is 0 Å². The Hall–Kier alpha value is -4.43. The van der Waals surface area contributed by atoms with Crippen LogP contribution in [0, 0.1) is 6.92 Å². The first kappa shape index (κ1) is 25.7. The van der Waals surface area contributed by atoms with Crippen molar-refractivity contribution in [2.24, 2.45) is 5.10 Å². The maximum atomic E-state index is 13.3. The van der Waals surface area contributed by atoms with E-state index in [-0.39, 0.29) is 4.90 Å². The molecule has 0 unspecified atom stereocenters. The monoisotopic (exact) mass is 513 g/mol. The molecule has 0 bridgehead atoms. The Morgan fingerprint density at radius 2 is 1.57 bits per heavy atom. The maximum Gasteiger partial charge on any atom is 0.264 e. The second-order valence-corrected chi connectivity index (χ2v) is 10.2. The van der Waals surface area contributed by atoms with Crippen molar-refractivity contribution in [1.29, 1.82) is 0 Å². The summed E-state index contributed by atoms with van der Waals surface area (Å²) in [7, 11) is -3.97. The van der Waals surface area contributed by atoms with Gasteiger partial charge in [0, 0.05) is 0 Å². The highest BCUT2D eigenvalue weighted by Gasteiger charge is 2.27. The van der Waals surface area contributed by atoms with E-state index in [4.69, 9.17) is 4.74 Å². The zero-order valence-corrected chi connectivity index (χ0v) is 21.1. The summed E-state index contributed by atoms with van der Waals surface area (Å²) in [6.07, 6.45) is 1.49. The van der Waals surface area contributed by atoms with Crippen molar-refractivity contribution in [1.82, 2.24) is 5.43 Å². The van der Waals surface area contributed by atoms with Gasteiger partial charge >= 0.3 is 0 Å². The molecule has 0 fully saturated rings. The quantitative estimate of drug-likeness (QED) is 0.241. The first-order valence-electron chi connectivity index (χ1n) is 11.6. The summed E-state index contributed by atoms with van der Waals surface area (Å²) in [6.45, 7) is 1.90. The Balaban J connectivity index is 1.40. The Morgan fingerprint density at radius 1 is 0.892 bits per heavy atom. The minimum atomic E-state index is -3.97. The van der Waals surface area contributed by atoms with E-state index in [2.05, 4.69) is 10.5 Å². The number of sulfonamides is 1. The van der Waals surface area contributed by atoms with E-state index in [1.807, 2.05) is 67.6 Å². The van der Waals surface area contributed by atoms with E-state index in [0.717, 1.165) is 21.0 Å². The largest absolute Gasteiger partial charge is 0.489 e. The van der Waals surface area contributed by atoms with Crippen molar-refractivity contribution in [3.05, 3.63) is 126 Å². The smallest absolute Gasteiger partial charge is 0.264 e. The number of nitrogens with one attached hydrogen (secondary N) is 1. The van der Waals surface area contributed by atoms with Crippen LogP contribution in [0.5, 0.6) is 5.75 Å². The zero-order chi connectivity index (χ0) is 26.1. The van der Waals surface area contributed by atoms with Crippen LogP contribution in [-0.2, 0) is 21.4 Å². The molecule has 0 aliphatic rings. The Bertz CT molecular complexity index is 1460. The molecule has 188 valence electrons. The molecule has 7 nitrogen and oxygen atoms in total. The van der Waals surface area contributed by atoms with E-state index in [1.54, 1.807) is 36.4 Å². The second kappa shape index (κ2) is 12.0. The molecule has 0 saturated heterocycles. The summed E-state index contributed by atoms with van der Waals surface area (Å²) in [5.41, 5.74) is 5.52. The number of carbonyl (C=O) groups excluding carboxylic acids is 1. The lowest BCUT2D eigenvalue weighted by Crippen LogP contribution is -2.39. The lowest BCUT2D eigenvalue weighted by Gasteiger charge is -2.24. The van der Waals surface area contributed by atoms with E-state index >= 15 is 0 Å². The van der Waals surface area contributed by atoms with Gasteiger partial charge in [-0.2, -0.15) is 5.10 Å². The molecule has 0 heterocycles. The van der Waals surface area contributed by atoms with Gasteiger partial charge in [0.15, 0.2) is 0 Å². The molecule has 4 aromatic rings. The van der Waals surface area contributed by atoms with E-state index < -0.39 is 22.5 Å². The third kappa shape index (κ3) is 7.05. The van der Waals surface area contributed by atoms with Crippen molar-refractivity contribution in [3.8, 4) is 5.75 Å². The van der Waals surface area contributed by atoms with E-state index in [0.29, 0.717) is 18.0 Å². The number of nitrogens with zero attached hydrogens (tertiary/aromatic N) is 2. The molecular weight excluding hydrogens is 486 g/mol.